The van der Waals surface area contributed by atoms with Gasteiger partial charge in [0.2, 0.25) is 5.91 Å². The van der Waals surface area contributed by atoms with E-state index in [1.165, 1.54) is 0 Å². The fraction of sp³-hybridized carbons (Fsp3) is 0.222. The fourth-order valence-electron chi connectivity index (χ4n) is 3.41. The predicted molar refractivity (Wildman–Crippen MR) is 132 cm³/mol. The van der Waals surface area contributed by atoms with Crippen LogP contribution in [0.1, 0.15) is 27.0 Å². The normalized spacial score (nSPS) is 11.1. The Morgan fingerprint density at radius 2 is 1.74 bits per heavy atom. The van der Waals surface area contributed by atoms with Crippen LogP contribution in [0.3, 0.4) is 0 Å². The zero-order chi connectivity index (χ0) is 24.3. The molecule has 7 nitrogen and oxygen atoms in total. The van der Waals surface area contributed by atoms with Crippen LogP contribution in [0.15, 0.2) is 72.8 Å². The minimum absolute atomic E-state index is 0.276. The highest BCUT2D eigenvalue weighted by Crippen LogP contribution is 2.14. The standard InChI is InChI=1S/C27H28N4O3/c1-19-4-3-5-22(16-19)26(32)31-25(17-20-6-8-21(18-28)9-7-20)27(33)30-15-14-29-23-10-12-24(34-2)13-11-23/h3-13,16,25,29H,14-15,17H2,1-2H3,(H,30,33)(H,31,32)/t25-/m0/s1. The molecule has 7 heteroatoms. The molecule has 0 unspecified atom stereocenters. The first kappa shape index (κ1) is 24.3. The Kier molecular flexibility index (Phi) is 8.64. The van der Waals surface area contributed by atoms with Gasteiger partial charge in [-0.25, -0.2) is 0 Å². The van der Waals surface area contributed by atoms with Crippen molar-refractivity contribution in [3.8, 4) is 11.8 Å². The number of hydrogen-bond donors (Lipinski definition) is 3. The highest BCUT2D eigenvalue weighted by atomic mass is 16.5. The van der Waals surface area contributed by atoms with E-state index < -0.39 is 6.04 Å². The van der Waals surface area contributed by atoms with Crippen molar-refractivity contribution in [1.82, 2.24) is 10.6 Å². The molecule has 0 saturated heterocycles. The lowest BCUT2D eigenvalue weighted by Gasteiger charge is -2.19. The van der Waals surface area contributed by atoms with Crippen LogP contribution in [-0.4, -0.2) is 38.1 Å². The maximum atomic E-state index is 13.0. The molecular weight excluding hydrogens is 428 g/mol. The van der Waals surface area contributed by atoms with E-state index in [9.17, 15) is 9.59 Å². The lowest BCUT2D eigenvalue weighted by molar-refractivity contribution is -0.122. The van der Waals surface area contributed by atoms with Crippen molar-refractivity contribution in [3.63, 3.8) is 0 Å². The third-order valence-electron chi connectivity index (χ3n) is 5.27. The molecule has 0 aliphatic carbocycles. The number of nitrogens with zero attached hydrogens (tertiary/aromatic N) is 1. The van der Waals surface area contributed by atoms with Gasteiger partial charge in [0.15, 0.2) is 0 Å². The molecule has 2 amide bonds. The number of carbonyl (C=O) groups excluding carboxylic acids is 2. The summed E-state index contributed by atoms with van der Waals surface area (Å²) in [5.74, 6) is 0.185. The number of benzene rings is 3. The van der Waals surface area contributed by atoms with Gasteiger partial charge in [0.25, 0.3) is 5.91 Å². The highest BCUT2D eigenvalue weighted by molar-refractivity contribution is 5.97. The maximum absolute atomic E-state index is 13.0. The summed E-state index contributed by atoms with van der Waals surface area (Å²) in [5.41, 5.74) is 3.76. The number of ether oxygens (including phenoxy) is 1. The quantitative estimate of drug-likeness (QED) is 0.406. The van der Waals surface area contributed by atoms with Crippen molar-refractivity contribution in [2.24, 2.45) is 0 Å². The molecule has 0 aromatic heterocycles. The van der Waals surface area contributed by atoms with Gasteiger partial charge in [-0.2, -0.15) is 5.26 Å². The number of nitrogens with one attached hydrogen (secondary N) is 3. The van der Waals surface area contributed by atoms with Crippen LogP contribution in [0.5, 0.6) is 5.75 Å². The third kappa shape index (κ3) is 7.10. The van der Waals surface area contributed by atoms with Gasteiger partial charge in [0.05, 0.1) is 18.7 Å². The smallest absolute Gasteiger partial charge is 0.251 e. The van der Waals surface area contributed by atoms with Crippen LogP contribution in [0, 0.1) is 18.3 Å². The molecule has 174 valence electrons. The summed E-state index contributed by atoms with van der Waals surface area (Å²) in [7, 11) is 1.62. The monoisotopic (exact) mass is 456 g/mol. The summed E-state index contributed by atoms with van der Waals surface area (Å²) in [5, 5.41) is 18.0. The molecule has 0 aliphatic heterocycles. The molecule has 34 heavy (non-hydrogen) atoms. The SMILES string of the molecule is COc1ccc(NCCNC(=O)[C@H](Cc2ccc(C#N)cc2)NC(=O)c2cccc(C)c2)cc1. The van der Waals surface area contributed by atoms with E-state index >= 15 is 0 Å². The number of anilines is 1. The van der Waals surface area contributed by atoms with Gasteiger partial charge in [-0.3, -0.25) is 9.59 Å². The number of rotatable bonds is 10. The second-order valence-corrected chi connectivity index (χ2v) is 7.85. The Balaban J connectivity index is 1.62. The van der Waals surface area contributed by atoms with Crippen molar-refractivity contribution >= 4 is 17.5 Å². The van der Waals surface area contributed by atoms with E-state index in [1.54, 1.807) is 43.5 Å². The molecule has 3 N–H and O–H groups in total. The number of hydrogen-bond acceptors (Lipinski definition) is 5. The summed E-state index contributed by atoms with van der Waals surface area (Å²) < 4.78 is 5.15. The van der Waals surface area contributed by atoms with Crippen LogP contribution >= 0.6 is 0 Å². The molecule has 3 rings (SSSR count). The summed E-state index contributed by atoms with van der Waals surface area (Å²) in [6, 6.07) is 23.0. The molecule has 0 heterocycles. The van der Waals surface area contributed by atoms with Crippen molar-refractivity contribution in [2.75, 3.05) is 25.5 Å². The Morgan fingerprint density at radius 3 is 2.38 bits per heavy atom. The van der Waals surface area contributed by atoms with Crippen LogP contribution in [0.25, 0.3) is 0 Å². The van der Waals surface area contributed by atoms with Crippen LogP contribution < -0.4 is 20.7 Å². The van der Waals surface area contributed by atoms with Crippen molar-refractivity contribution in [1.29, 1.82) is 5.26 Å². The zero-order valence-corrected chi connectivity index (χ0v) is 19.3. The van der Waals surface area contributed by atoms with Crippen molar-refractivity contribution in [3.05, 3.63) is 95.1 Å². The molecule has 0 fully saturated rings. The first-order chi connectivity index (χ1) is 16.5. The minimum Gasteiger partial charge on any atom is -0.497 e. The molecule has 0 aliphatic rings. The Hall–Kier alpha value is -4.31. The maximum Gasteiger partial charge on any atom is 0.251 e. The van der Waals surface area contributed by atoms with Gasteiger partial charge in [0.1, 0.15) is 11.8 Å². The molecular formula is C27H28N4O3. The Labute approximate surface area is 199 Å². The second-order valence-electron chi connectivity index (χ2n) is 7.85. The van der Waals surface area contributed by atoms with Gasteiger partial charge in [-0.1, -0.05) is 29.8 Å². The van der Waals surface area contributed by atoms with Crippen LogP contribution in [-0.2, 0) is 11.2 Å². The zero-order valence-electron chi connectivity index (χ0n) is 19.3. The summed E-state index contributed by atoms with van der Waals surface area (Å²) in [6.45, 7) is 2.82. The number of nitriles is 1. The van der Waals surface area contributed by atoms with Gasteiger partial charge in [0, 0.05) is 30.8 Å². The summed E-state index contributed by atoms with van der Waals surface area (Å²) in [4.78, 5) is 25.8. The number of methoxy groups -OCH3 is 1. The van der Waals surface area contributed by atoms with E-state index in [1.807, 2.05) is 43.3 Å². The number of amides is 2. The van der Waals surface area contributed by atoms with Gasteiger partial charge >= 0.3 is 0 Å². The fourth-order valence-corrected chi connectivity index (χ4v) is 3.41. The molecule has 0 spiro atoms. The molecule has 3 aromatic rings. The lowest BCUT2D eigenvalue weighted by atomic mass is 10.0. The number of carbonyl (C=O) groups is 2. The van der Waals surface area contributed by atoms with Crippen molar-refractivity contribution < 1.29 is 14.3 Å². The van der Waals surface area contributed by atoms with E-state index in [4.69, 9.17) is 10.00 Å². The van der Waals surface area contributed by atoms with Gasteiger partial charge in [-0.15, -0.1) is 0 Å². The highest BCUT2D eigenvalue weighted by Gasteiger charge is 2.22. The average molecular weight is 457 g/mol. The first-order valence-electron chi connectivity index (χ1n) is 11.0. The Bertz CT molecular complexity index is 1150. The van der Waals surface area contributed by atoms with Crippen molar-refractivity contribution in [2.45, 2.75) is 19.4 Å². The summed E-state index contributed by atoms with van der Waals surface area (Å²) >= 11 is 0. The van der Waals surface area contributed by atoms with E-state index in [2.05, 4.69) is 22.0 Å². The van der Waals surface area contributed by atoms with Crippen LogP contribution in [0.4, 0.5) is 5.69 Å². The minimum atomic E-state index is -0.762. The lowest BCUT2D eigenvalue weighted by Crippen LogP contribution is -2.48. The molecule has 1 atom stereocenters. The molecule has 0 bridgehead atoms. The number of aryl methyl sites for hydroxylation is 1. The molecule has 0 saturated carbocycles. The van der Waals surface area contributed by atoms with Gasteiger partial charge in [-0.05, 0) is 61.0 Å². The predicted octanol–water partition coefficient (Wildman–Crippen LogP) is 3.44. The topological polar surface area (TPSA) is 103 Å². The second kappa shape index (κ2) is 12.1. The molecule has 3 aromatic carbocycles. The third-order valence-corrected chi connectivity index (χ3v) is 5.27. The van der Waals surface area contributed by atoms with E-state index in [0.717, 1.165) is 22.6 Å². The van der Waals surface area contributed by atoms with Crippen LogP contribution in [0.2, 0.25) is 0 Å². The van der Waals surface area contributed by atoms with E-state index in [-0.39, 0.29) is 11.8 Å². The van der Waals surface area contributed by atoms with E-state index in [0.29, 0.717) is 30.6 Å². The molecule has 0 radical (unpaired) electrons. The Morgan fingerprint density at radius 1 is 1.00 bits per heavy atom. The largest absolute Gasteiger partial charge is 0.497 e. The summed E-state index contributed by atoms with van der Waals surface area (Å²) in [6.07, 6.45) is 0.307. The van der Waals surface area contributed by atoms with Gasteiger partial charge < -0.3 is 20.7 Å². The first-order valence-corrected chi connectivity index (χ1v) is 11.0. The average Bonchev–Trinajstić information content (AvgIpc) is 2.86.